The topological polar surface area (TPSA) is 12.5 Å². The molecule has 0 aromatic rings. The van der Waals surface area contributed by atoms with Gasteiger partial charge in [0.05, 0.1) is 11.7 Å². The molecule has 0 aromatic carbocycles. The lowest BCUT2D eigenvalue weighted by Gasteiger charge is -2.03. The highest BCUT2D eigenvalue weighted by molar-refractivity contribution is 5.21. The fourth-order valence-electron chi connectivity index (χ4n) is 3.67. The van der Waals surface area contributed by atoms with Gasteiger partial charge in [0.2, 0.25) is 0 Å². The number of ether oxygens (including phenoxy) is 1. The van der Waals surface area contributed by atoms with Crippen LogP contribution < -0.4 is 0 Å². The van der Waals surface area contributed by atoms with Gasteiger partial charge in [-0.25, -0.2) is 0 Å². The summed E-state index contributed by atoms with van der Waals surface area (Å²) in [7, 11) is 0. The Kier molecular flexibility index (Phi) is 12.8. The van der Waals surface area contributed by atoms with Gasteiger partial charge >= 0.3 is 0 Å². The van der Waals surface area contributed by atoms with Crippen molar-refractivity contribution in [2.45, 2.75) is 118 Å². The second-order valence-corrected chi connectivity index (χ2v) is 10.0. The average molecular weight is 425 g/mol. The summed E-state index contributed by atoms with van der Waals surface area (Å²) in [5, 5.41) is 0. The summed E-state index contributed by atoms with van der Waals surface area (Å²) in [6.07, 6.45) is 24.5. The van der Waals surface area contributed by atoms with E-state index in [-0.39, 0.29) is 5.60 Å². The Balaban J connectivity index is 2.21. The minimum Gasteiger partial charge on any atom is -0.367 e. The van der Waals surface area contributed by atoms with Crippen LogP contribution >= 0.6 is 0 Å². The van der Waals surface area contributed by atoms with Crippen LogP contribution in [-0.4, -0.2) is 11.7 Å². The summed E-state index contributed by atoms with van der Waals surface area (Å²) in [4.78, 5) is 0. The second-order valence-electron chi connectivity index (χ2n) is 10.0. The SMILES string of the molecule is C=C/C(=C/CC/C(C)=C/CC/C=C(\C)CC/C=C(\C)CCC1OC1(C)C)CC=C(C)C. The molecule has 31 heavy (non-hydrogen) atoms. The fraction of sp³-hybridized carbons (Fsp3) is 0.600. The molecule has 1 unspecified atom stereocenters. The van der Waals surface area contributed by atoms with Crippen LogP contribution in [0.1, 0.15) is 106 Å². The van der Waals surface area contributed by atoms with Crippen LogP contribution in [0.15, 0.2) is 70.9 Å². The molecule has 0 radical (unpaired) electrons. The zero-order chi connectivity index (χ0) is 23.3. The highest BCUT2D eigenvalue weighted by Crippen LogP contribution is 2.38. The molecule has 1 heteroatoms. The van der Waals surface area contributed by atoms with E-state index in [1.54, 1.807) is 0 Å². The van der Waals surface area contributed by atoms with Crippen LogP contribution in [0.2, 0.25) is 0 Å². The molecule has 1 aliphatic rings. The van der Waals surface area contributed by atoms with Crippen LogP contribution in [-0.2, 0) is 4.74 Å². The molecule has 0 aromatic heterocycles. The van der Waals surface area contributed by atoms with Crippen molar-refractivity contribution in [3.63, 3.8) is 0 Å². The van der Waals surface area contributed by atoms with Gasteiger partial charge in [-0.05, 0) is 112 Å². The second kappa shape index (κ2) is 14.5. The maximum Gasteiger partial charge on any atom is 0.0892 e. The van der Waals surface area contributed by atoms with Crippen molar-refractivity contribution in [3.8, 4) is 0 Å². The van der Waals surface area contributed by atoms with Crippen molar-refractivity contribution in [2.75, 3.05) is 0 Å². The lowest BCUT2D eigenvalue weighted by atomic mass is 10.0. The first-order valence-corrected chi connectivity index (χ1v) is 12.2. The Labute approximate surface area is 193 Å². The normalized spacial score (nSPS) is 19.4. The summed E-state index contributed by atoms with van der Waals surface area (Å²) in [5.74, 6) is 0. The first-order chi connectivity index (χ1) is 14.6. The summed E-state index contributed by atoms with van der Waals surface area (Å²) < 4.78 is 5.67. The first-order valence-electron chi connectivity index (χ1n) is 12.2. The smallest absolute Gasteiger partial charge is 0.0892 e. The monoisotopic (exact) mass is 424 g/mol. The number of unbranched alkanes of at least 4 members (excludes halogenated alkanes) is 1. The Morgan fingerprint density at radius 3 is 1.71 bits per heavy atom. The molecule has 0 saturated carbocycles. The summed E-state index contributed by atoms with van der Waals surface area (Å²) in [5.41, 5.74) is 7.34. The Morgan fingerprint density at radius 2 is 1.23 bits per heavy atom. The highest BCUT2D eigenvalue weighted by atomic mass is 16.6. The Morgan fingerprint density at radius 1 is 0.742 bits per heavy atom. The van der Waals surface area contributed by atoms with Gasteiger partial charge in [-0.15, -0.1) is 0 Å². The van der Waals surface area contributed by atoms with E-state index in [0.717, 1.165) is 44.9 Å². The molecule has 0 N–H and O–H groups in total. The van der Waals surface area contributed by atoms with Gasteiger partial charge in [0.25, 0.3) is 0 Å². The van der Waals surface area contributed by atoms with Crippen LogP contribution in [0.25, 0.3) is 0 Å². The Hall–Kier alpha value is -1.60. The summed E-state index contributed by atoms with van der Waals surface area (Å²) in [6, 6.07) is 0. The molecule has 0 aliphatic carbocycles. The third-order valence-corrected chi connectivity index (χ3v) is 6.10. The van der Waals surface area contributed by atoms with Crippen molar-refractivity contribution in [3.05, 3.63) is 70.9 Å². The molecule has 0 amide bonds. The quantitative estimate of drug-likeness (QED) is 0.110. The molecular formula is C30H48O. The molecule has 174 valence electrons. The van der Waals surface area contributed by atoms with Gasteiger partial charge in [-0.1, -0.05) is 65.3 Å². The van der Waals surface area contributed by atoms with Crippen LogP contribution in [0.5, 0.6) is 0 Å². The Bertz CT molecular complexity index is 705. The predicted molar refractivity (Wildman–Crippen MR) is 139 cm³/mol. The third kappa shape index (κ3) is 13.4. The van der Waals surface area contributed by atoms with Crippen LogP contribution in [0.4, 0.5) is 0 Å². The average Bonchev–Trinajstić information content (AvgIpc) is 3.32. The van der Waals surface area contributed by atoms with E-state index >= 15 is 0 Å². The molecule has 1 atom stereocenters. The first kappa shape index (κ1) is 27.4. The summed E-state index contributed by atoms with van der Waals surface area (Å²) >= 11 is 0. The van der Waals surface area contributed by atoms with E-state index < -0.39 is 0 Å². The molecule has 1 fully saturated rings. The van der Waals surface area contributed by atoms with Crippen LogP contribution in [0, 0.1) is 0 Å². The van der Waals surface area contributed by atoms with Crippen molar-refractivity contribution in [1.29, 1.82) is 0 Å². The third-order valence-electron chi connectivity index (χ3n) is 6.10. The molecule has 1 aliphatic heterocycles. The van der Waals surface area contributed by atoms with Gasteiger partial charge in [0.15, 0.2) is 0 Å². The zero-order valence-corrected chi connectivity index (χ0v) is 21.5. The number of rotatable bonds is 15. The molecule has 0 bridgehead atoms. The minimum absolute atomic E-state index is 0.128. The van der Waals surface area contributed by atoms with Crippen molar-refractivity contribution >= 4 is 0 Å². The minimum atomic E-state index is 0.128. The number of allylic oxidation sites excluding steroid dienone is 11. The zero-order valence-electron chi connectivity index (χ0n) is 21.5. The standard InChI is InChI=1S/C30H48O/c1-9-28(22-20-24(2)3)19-13-18-26(5)15-11-10-14-25(4)16-12-17-27(6)21-23-29-30(7,8)31-29/h9,14-15,17,19-20,29H,1,10-13,16,18,21-23H2,2-8H3/b25-14+,26-15+,27-17+,28-19-. The maximum atomic E-state index is 5.67. The predicted octanol–water partition coefficient (Wildman–Crippen LogP) is 9.59. The van der Waals surface area contributed by atoms with Gasteiger partial charge in [0, 0.05) is 0 Å². The molecule has 1 nitrogen and oxygen atoms in total. The number of hydrogen-bond acceptors (Lipinski definition) is 1. The molecule has 1 heterocycles. The number of hydrogen-bond donors (Lipinski definition) is 0. The summed E-state index contributed by atoms with van der Waals surface area (Å²) in [6.45, 7) is 19.4. The fourth-order valence-corrected chi connectivity index (χ4v) is 3.67. The lowest BCUT2D eigenvalue weighted by Crippen LogP contribution is -2.02. The van der Waals surface area contributed by atoms with E-state index in [2.05, 4.69) is 85.4 Å². The molecule has 1 saturated heterocycles. The maximum absolute atomic E-state index is 5.67. The highest BCUT2D eigenvalue weighted by Gasteiger charge is 2.46. The van der Waals surface area contributed by atoms with Gasteiger partial charge in [0.1, 0.15) is 0 Å². The van der Waals surface area contributed by atoms with E-state index in [4.69, 9.17) is 4.74 Å². The van der Waals surface area contributed by atoms with E-state index in [9.17, 15) is 0 Å². The lowest BCUT2D eigenvalue weighted by molar-refractivity contribution is 0.320. The molecule has 0 spiro atoms. The van der Waals surface area contributed by atoms with Crippen molar-refractivity contribution < 1.29 is 4.74 Å². The van der Waals surface area contributed by atoms with Gasteiger partial charge in [-0.2, -0.15) is 0 Å². The van der Waals surface area contributed by atoms with Crippen LogP contribution in [0.3, 0.4) is 0 Å². The molecule has 1 rings (SSSR count). The van der Waals surface area contributed by atoms with Gasteiger partial charge < -0.3 is 4.74 Å². The van der Waals surface area contributed by atoms with Crippen molar-refractivity contribution in [2.24, 2.45) is 0 Å². The van der Waals surface area contributed by atoms with E-state index in [0.29, 0.717) is 6.10 Å². The van der Waals surface area contributed by atoms with Gasteiger partial charge in [-0.3, -0.25) is 0 Å². The van der Waals surface area contributed by atoms with E-state index in [1.807, 2.05) is 6.08 Å². The largest absolute Gasteiger partial charge is 0.367 e. The molecular weight excluding hydrogens is 376 g/mol. The van der Waals surface area contributed by atoms with Crippen molar-refractivity contribution in [1.82, 2.24) is 0 Å². The number of epoxide rings is 1. The van der Waals surface area contributed by atoms with E-state index in [1.165, 1.54) is 40.7 Å².